The Morgan fingerprint density at radius 1 is 1.36 bits per heavy atom. The van der Waals surface area contributed by atoms with E-state index in [0.717, 1.165) is 27.1 Å². The first-order valence-electron chi connectivity index (χ1n) is 7.92. The Bertz CT molecular complexity index is 886. The molecule has 3 aromatic heterocycles. The van der Waals surface area contributed by atoms with Crippen molar-refractivity contribution in [1.29, 1.82) is 0 Å². The van der Waals surface area contributed by atoms with Gasteiger partial charge in [-0.1, -0.05) is 6.92 Å². The van der Waals surface area contributed by atoms with Gasteiger partial charge in [0.2, 0.25) is 5.91 Å². The summed E-state index contributed by atoms with van der Waals surface area (Å²) < 4.78 is 2.82. The molecular weight excluding hydrogens is 384 g/mol. The maximum atomic E-state index is 12.4. The average molecular weight is 403 g/mol. The van der Waals surface area contributed by atoms with Crippen LogP contribution in [0.1, 0.15) is 18.3 Å². The Morgan fingerprint density at radius 3 is 2.72 bits per heavy atom. The molecule has 0 bridgehead atoms. The number of nitrogens with zero attached hydrogens (tertiary/aromatic N) is 4. The van der Waals surface area contributed by atoms with Crippen molar-refractivity contribution in [2.75, 3.05) is 5.32 Å². The van der Waals surface area contributed by atoms with Gasteiger partial charge in [0.05, 0.1) is 28.3 Å². The number of halogens is 1. The third-order valence-corrected chi connectivity index (χ3v) is 5.16. The molecule has 0 radical (unpaired) electrons. The summed E-state index contributed by atoms with van der Waals surface area (Å²) in [6.45, 7) is 6.29. The second-order valence-electron chi connectivity index (χ2n) is 5.96. The molecule has 0 saturated carbocycles. The maximum Gasteiger partial charge on any atom is 0.230 e. The van der Waals surface area contributed by atoms with Crippen molar-refractivity contribution in [2.45, 2.75) is 27.3 Å². The molecule has 0 spiro atoms. The standard InChI is InChI=1S/C17H19BrN6O/c1-10(9-24-12(3)16(18)11(2)23-24)17(25)20-15-8-14(21-22-15)13-4-6-19-7-5-13/h4-8,10H,9H2,1-3H3,(H2,20,21,22,25). The Kier molecular flexibility index (Phi) is 4.98. The van der Waals surface area contributed by atoms with Crippen LogP contribution in [0.25, 0.3) is 11.3 Å². The highest BCUT2D eigenvalue weighted by atomic mass is 79.9. The number of anilines is 1. The molecule has 0 saturated heterocycles. The van der Waals surface area contributed by atoms with E-state index in [0.29, 0.717) is 12.4 Å². The monoisotopic (exact) mass is 402 g/mol. The largest absolute Gasteiger partial charge is 0.309 e. The van der Waals surface area contributed by atoms with Gasteiger partial charge in [-0.25, -0.2) is 0 Å². The molecule has 7 nitrogen and oxygen atoms in total. The first-order chi connectivity index (χ1) is 12.0. The van der Waals surface area contributed by atoms with Gasteiger partial charge in [0.15, 0.2) is 5.82 Å². The smallest absolute Gasteiger partial charge is 0.230 e. The molecule has 0 fully saturated rings. The molecule has 3 heterocycles. The predicted octanol–water partition coefficient (Wildman–Crippen LogP) is 3.32. The fraction of sp³-hybridized carbons (Fsp3) is 0.294. The molecule has 130 valence electrons. The molecule has 3 aromatic rings. The van der Waals surface area contributed by atoms with Crippen LogP contribution >= 0.6 is 15.9 Å². The number of aromatic amines is 1. The molecule has 0 aromatic carbocycles. The highest BCUT2D eigenvalue weighted by Crippen LogP contribution is 2.21. The Balaban J connectivity index is 1.66. The first kappa shape index (κ1) is 17.3. The van der Waals surface area contributed by atoms with E-state index in [-0.39, 0.29) is 11.8 Å². The van der Waals surface area contributed by atoms with Gasteiger partial charge in [0.25, 0.3) is 0 Å². The van der Waals surface area contributed by atoms with Crippen molar-refractivity contribution in [3.8, 4) is 11.3 Å². The number of carbonyl (C=O) groups is 1. The lowest BCUT2D eigenvalue weighted by molar-refractivity contribution is -0.119. The van der Waals surface area contributed by atoms with Crippen LogP contribution in [-0.2, 0) is 11.3 Å². The Hall–Kier alpha value is -2.48. The second-order valence-corrected chi connectivity index (χ2v) is 6.75. The van der Waals surface area contributed by atoms with E-state index < -0.39 is 0 Å². The second kappa shape index (κ2) is 7.18. The van der Waals surface area contributed by atoms with Crippen LogP contribution in [0.5, 0.6) is 0 Å². The predicted molar refractivity (Wildman–Crippen MR) is 99.0 cm³/mol. The van der Waals surface area contributed by atoms with Gasteiger partial charge >= 0.3 is 0 Å². The fourth-order valence-corrected chi connectivity index (χ4v) is 2.79. The van der Waals surface area contributed by atoms with E-state index in [1.54, 1.807) is 18.5 Å². The molecule has 0 aliphatic rings. The molecule has 0 aliphatic carbocycles. The van der Waals surface area contributed by atoms with Crippen molar-refractivity contribution < 1.29 is 4.79 Å². The van der Waals surface area contributed by atoms with E-state index in [9.17, 15) is 4.79 Å². The number of hydrogen-bond donors (Lipinski definition) is 2. The number of carbonyl (C=O) groups excluding carboxylic acids is 1. The van der Waals surface area contributed by atoms with Crippen LogP contribution in [0.4, 0.5) is 5.82 Å². The van der Waals surface area contributed by atoms with E-state index >= 15 is 0 Å². The minimum atomic E-state index is -0.244. The van der Waals surface area contributed by atoms with Crippen LogP contribution in [0.3, 0.4) is 0 Å². The van der Waals surface area contributed by atoms with Crippen molar-refractivity contribution in [2.24, 2.45) is 5.92 Å². The summed E-state index contributed by atoms with van der Waals surface area (Å²) >= 11 is 3.50. The van der Waals surface area contributed by atoms with Crippen molar-refractivity contribution in [1.82, 2.24) is 25.0 Å². The lowest BCUT2D eigenvalue weighted by Gasteiger charge is -2.12. The van der Waals surface area contributed by atoms with Gasteiger partial charge in [-0.2, -0.15) is 10.2 Å². The van der Waals surface area contributed by atoms with Crippen LogP contribution in [-0.4, -0.2) is 30.9 Å². The summed E-state index contributed by atoms with van der Waals surface area (Å²) in [5.74, 6) is 0.153. The van der Waals surface area contributed by atoms with Crippen molar-refractivity contribution in [3.05, 3.63) is 46.5 Å². The SMILES string of the molecule is Cc1nn(CC(C)C(=O)Nc2cc(-c3ccncc3)[nH]n2)c(C)c1Br. The molecule has 3 rings (SSSR count). The zero-order chi connectivity index (χ0) is 18.0. The molecule has 1 atom stereocenters. The molecule has 2 N–H and O–H groups in total. The van der Waals surface area contributed by atoms with Gasteiger partial charge < -0.3 is 5.32 Å². The van der Waals surface area contributed by atoms with E-state index in [4.69, 9.17) is 0 Å². The minimum Gasteiger partial charge on any atom is -0.309 e. The number of H-pyrrole nitrogens is 1. The number of nitrogens with one attached hydrogen (secondary N) is 2. The van der Waals surface area contributed by atoms with Crippen molar-refractivity contribution >= 4 is 27.7 Å². The summed E-state index contributed by atoms with van der Waals surface area (Å²) in [4.78, 5) is 16.4. The minimum absolute atomic E-state index is 0.101. The highest BCUT2D eigenvalue weighted by molar-refractivity contribution is 9.10. The Labute approximate surface area is 154 Å². The fourth-order valence-electron chi connectivity index (χ4n) is 2.51. The number of amides is 1. The lowest BCUT2D eigenvalue weighted by Crippen LogP contribution is -2.25. The molecule has 8 heteroatoms. The van der Waals surface area contributed by atoms with Gasteiger partial charge in [-0.15, -0.1) is 0 Å². The molecule has 0 aliphatic heterocycles. The van der Waals surface area contributed by atoms with Gasteiger partial charge in [0.1, 0.15) is 0 Å². The number of hydrogen-bond acceptors (Lipinski definition) is 4. The number of pyridine rings is 1. The molecule has 1 unspecified atom stereocenters. The van der Waals surface area contributed by atoms with Gasteiger partial charge in [-0.05, 0) is 41.9 Å². The summed E-state index contributed by atoms with van der Waals surface area (Å²) in [6, 6.07) is 5.56. The molecular formula is C17H19BrN6O. The summed E-state index contributed by atoms with van der Waals surface area (Å²) in [5, 5.41) is 14.4. The number of aromatic nitrogens is 5. The number of rotatable bonds is 5. The number of aryl methyl sites for hydroxylation is 1. The maximum absolute atomic E-state index is 12.4. The van der Waals surface area contributed by atoms with Crippen LogP contribution in [0.15, 0.2) is 35.1 Å². The van der Waals surface area contributed by atoms with E-state index in [1.807, 2.05) is 37.6 Å². The molecule has 25 heavy (non-hydrogen) atoms. The normalized spacial score (nSPS) is 12.2. The van der Waals surface area contributed by atoms with Gasteiger partial charge in [-0.3, -0.25) is 19.6 Å². The van der Waals surface area contributed by atoms with Crippen LogP contribution in [0, 0.1) is 19.8 Å². The summed E-state index contributed by atoms with van der Waals surface area (Å²) in [7, 11) is 0. The third-order valence-electron chi connectivity index (χ3n) is 4.01. The average Bonchev–Trinajstić information content (AvgIpc) is 3.17. The Morgan fingerprint density at radius 2 is 2.08 bits per heavy atom. The summed E-state index contributed by atoms with van der Waals surface area (Å²) in [6.07, 6.45) is 3.42. The highest BCUT2D eigenvalue weighted by Gasteiger charge is 2.18. The zero-order valence-electron chi connectivity index (χ0n) is 14.2. The lowest BCUT2D eigenvalue weighted by atomic mass is 10.1. The third kappa shape index (κ3) is 3.79. The summed E-state index contributed by atoms with van der Waals surface area (Å²) in [5.41, 5.74) is 3.72. The van der Waals surface area contributed by atoms with Crippen LogP contribution < -0.4 is 5.32 Å². The van der Waals surface area contributed by atoms with Gasteiger partial charge in [0, 0.05) is 29.7 Å². The molecule has 1 amide bonds. The van der Waals surface area contributed by atoms with Crippen molar-refractivity contribution in [3.63, 3.8) is 0 Å². The topological polar surface area (TPSA) is 88.5 Å². The van der Waals surface area contributed by atoms with E-state index in [1.165, 1.54) is 0 Å². The first-order valence-corrected chi connectivity index (χ1v) is 8.71. The van der Waals surface area contributed by atoms with Crippen LogP contribution in [0.2, 0.25) is 0 Å². The quantitative estimate of drug-likeness (QED) is 0.684. The van der Waals surface area contributed by atoms with E-state index in [2.05, 4.69) is 41.5 Å². The zero-order valence-corrected chi connectivity index (χ0v) is 15.8.